The van der Waals surface area contributed by atoms with Gasteiger partial charge in [-0.15, -0.1) is 0 Å². The number of aromatic hydroxyl groups is 1. The van der Waals surface area contributed by atoms with E-state index in [4.69, 9.17) is 0 Å². The van der Waals surface area contributed by atoms with E-state index in [0.717, 1.165) is 16.8 Å². The van der Waals surface area contributed by atoms with Crippen molar-refractivity contribution in [2.24, 2.45) is 0 Å². The van der Waals surface area contributed by atoms with Gasteiger partial charge >= 0.3 is 0 Å². The van der Waals surface area contributed by atoms with E-state index in [0.29, 0.717) is 6.54 Å². The Kier molecular flexibility index (Phi) is 3.66. The summed E-state index contributed by atoms with van der Waals surface area (Å²) in [5.74, 6) is 0.204. The third-order valence-corrected chi connectivity index (χ3v) is 2.83. The normalized spacial score (nSPS) is 10.2. The van der Waals surface area contributed by atoms with Crippen molar-refractivity contribution in [2.75, 3.05) is 5.32 Å². The van der Waals surface area contributed by atoms with Gasteiger partial charge < -0.3 is 10.4 Å². The molecule has 2 N–H and O–H groups in total. The Hall–Kier alpha value is -2.56. The largest absolute Gasteiger partial charge is 0.508 e. The van der Waals surface area contributed by atoms with E-state index >= 15 is 0 Å². The highest BCUT2D eigenvalue weighted by atomic mass is 16.6. The highest BCUT2D eigenvalue weighted by Gasteiger charge is 2.08. The summed E-state index contributed by atoms with van der Waals surface area (Å²) >= 11 is 0. The van der Waals surface area contributed by atoms with Gasteiger partial charge in [0.15, 0.2) is 0 Å². The second kappa shape index (κ2) is 5.39. The molecule has 0 spiro atoms. The summed E-state index contributed by atoms with van der Waals surface area (Å²) in [6.07, 6.45) is 0. The van der Waals surface area contributed by atoms with E-state index in [1.54, 1.807) is 24.3 Å². The predicted molar refractivity (Wildman–Crippen MR) is 73.3 cm³/mol. The van der Waals surface area contributed by atoms with Gasteiger partial charge in [-0.05, 0) is 30.2 Å². The molecule has 5 nitrogen and oxygen atoms in total. The SMILES string of the molecule is Cc1ccc([N+](=O)[O-])cc1NCc1cccc(O)c1. The number of nitrogens with one attached hydrogen (secondary N) is 1. The Morgan fingerprint density at radius 3 is 2.74 bits per heavy atom. The number of nitro groups is 1. The van der Waals surface area contributed by atoms with Crippen LogP contribution in [-0.2, 0) is 6.54 Å². The van der Waals surface area contributed by atoms with Crippen LogP contribution in [0.2, 0.25) is 0 Å². The Morgan fingerprint density at radius 1 is 1.26 bits per heavy atom. The number of hydrogen-bond acceptors (Lipinski definition) is 4. The van der Waals surface area contributed by atoms with E-state index in [9.17, 15) is 15.2 Å². The molecule has 0 aliphatic carbocycles. The topological polar surface area (TPSA) is 75.4 Å². The van der Waals surface area contributed by atoms with Crippen molar-refractivity contribution in [2.45, 2.75) is 13.5 Å². The minimum atomic E-state index is -0.418. The van der Waals surface area contributed by atoms with Gasteiger partial charge in [0, 0.05) is 24.4 Å². The molecule has 0 saturated heterocycles. The highest BCUT2D eigenvalue weighted by Crippen LogP contribution is 2.22. The molecule has 5 heteroatoms. The van der Waals surface area contributed by atoms with Gasteiger partial charge in [-0.3, -0.25) is 10.1 Å². The minimum absolute atomic E-state index is 0.0593. The number of phenolic OH excluding ortho intramolecular Hbond substituents is 1. The summed E-state index contributed by atoms with van der Waals surface area (Å²) in [5, 5.41) is 23.2. The second-order valence-corrected chi connectivity index (χ2v) is 4.28. The maximum absolute atomic E-state index is 10.7. The van der Waals surface area contributed by atoms with Crippen LogP contribution in [0, 0.1) is 17.0 Å². The summed E-state index contributed by atoms with van der Waals surface area (Å²) in [4.78, 5) is 10.3. The van der Waals surface area contributed by atoms with Gasteiger partial charge in [0.25, 0.3) is 5.69 Å². The van der Waals surface area contributed by atoms with Gasteiger partial charge in [-0.25, -0.2) is 0 Å². The van der Waals surface area contributed by atoms with Gasteiger partial charge in [0.1, 0.15) is 5.75 Å². The fourth-order valence-electron chi connectivity index (χ4n) is 1.78. The van der Waals surface area contributed by atoms with Crippen LogP contribution in [-0.4, -0.2) is 10.0 Å². The molecule has 0 atom stereocenters. The molecule has 0 bridgehead atoms. The number of nitro benzene ring substituents is 1. The zero-order chi connectivity index (χ0) is 13.8. The van der Waals surface area contributed by atoms with Crippen LogP contribution in [0.1, 0.15) is 11.1 Å². The Morgan fingerprint density at radius 2 is 2.05 bits per heavy atom. The molecule has 0 fully saturated rings. The van der Waals surface area contributed by atoms with Crippen molar-refractivity contribution in [3.05, 3.63) is 63.7 Å². The van der Waals surface area contributed by atoms with Crippen molar-refractivity contribution in [1.82, 2.24) is 0 Å². The first-order valence-electron chi connectivity index (χ1n) is 5.83. The standard InChI is InChI=1S/C14H14N2O3/c1-10-5-6-12(16(18)19)8-14(10)15-9-11-3-2-4-13(17)7-11/h2-8,15,17H,9H2,1H3. The van der Waals surface area contributed by atoms with Crippen molar-refractivity contribution >= 4 is 11.4 Å². The summed E-state index contributed by atoms with van der Waals surface area (Å²) in [5.41, 5.74) is 2.62. The zero-order valence-corrected chi connectivity index (χ0v) is 10.5. The number of rotatable bonds is 4. The first kappa shape index (κ1) is 12.9. The van der Waals surface area contributed by atoms with Crippen LogP contribution < -0.4 is 5.32 Å². The lowest BCUT2D eigenvalue weighted by Gasteiger charge is -2.09. The molecule has 19 heavy (non-hydrogen) atoms. The maximum Gasteiger partial charge on any atom is 0.271 e. The maximum atomic E-state index is 10.7. The first-order valence-corrected chi connectivity index (χ1v) is 5.83. The molecule has 2 aromatic carbocycles. The van der Waals surface area contributed by atoms with E-state index in [1.165, 1.54) is 12.1 Å². The number of non-ortho nitro benzene ring substituents is 1. The quantitative estimate of drug-likeness (QED) is 0.652. The molecular weight excluding hydrogens is 244 g/mol. The van der Waals surface area contributed by atoms with Crippen molar-refractivity contribution in [1.29, 1.82) is 0 Å². The third kappa shape index (κ3) is 3.22. The Labute approximate surface area is 110 Å². The summed E-state index contributed by atoms with van der Waals surface area (Å²) in [6, 6.07) is 11.6. The molecule has 0 aromatic heterocycles. The third-order valence-electron chi connectivity index (χ3n) is 2.83. The number of phenols is 1. The fraction of sp³-hybridized carbons (Fsp3) is 0.143. The van der Waals surface area contributed by atoms with E-state index in [1.807, 2.05) is 13.0 Å². The first-order chi connectivity index (χ1) is 9.06. The van der Waals surface area contributed by atoms with Crippen molar-refractivity contribution in [3.8, 4) is 5.75 Å². The van der Waals surface area contributed by atoms with Crippen LogP contribution in [0.4, 0.5) is 11.4 Å². The zero-order valence-electron chi connectivity index (χ0n) is 10.5. The molecule has 0 aliphatic heterocycles. The molecule has 0 unspecified atom stereocenters. The summed E-state index contributed by atoms with van der Waals surface area (Å²) in [6.45, 7) is 2.38. The number of benzene rings is 2. The van der Waals surface area contributed by atoms with E-state index in [2.05, 4.69) is 5.32 Å². The van der Waals surface area contributed by atoms with E-state index < -0.39 is 4.92 Å². The van der Waals surface area contributed by atoms with E-state index in [-0.39, 0.29) is 11.4 Å². The molecular formula is C14H14N2O3. The lowest BCUT2D eigenvalue weighted by Crippen LogP contribution is -2.01. The second-order valence-electron chi connectivity index (χ2n) is 4.28. The monoisotopic (exact) mass is 258 g/mol. The molecule has 98 valence electrons. The molecule has 2 rings (SSSR count). The smallest absolute Gasteiger partial charge is 0.271 e. The number of aryl methyl sites for hydroxylation is 1. The van der Waals surface area contributed by atoms with Crippen molar-refractivity contribution < 1.29 is 10.0 Å². The van der Waals surface area contributed by atoms with Crippen LogP contribution in [0.3, 0.4) is 0 Å². The van der Waals surface area contributed by atoms with Crippen LogP contribution in [0.5, 0.6) is 5.75 Å². The summed E-state index contributed by atoms with van der Waals surface area (Å²) in [7, 11) is 0. The fourth-order valence-corrected chi connectivity index (χ4v) is 1.78. The highest BCUT2D eigenvalue weighted by molar-refractivity contribution is 5.57. The predicted octanol–water partition coefficient (Wildman–Crippen LogP) is 3.22. The number of nitrogens with zero attached hydrogens (tertiary/aromatic N) is 1. The van der Waals surface area contributed by atoms with Crippen LogP contribution in [0.25, 0.3) is 0 Å². The van der Waals surface area contributed by atoms with Gasteiger partial charge in [-0.1, -0.05) is 18.2 Å². The van der Waals surface area contributed by atoms with Gasteiger partial charge in [0.05, 0.1) is 4.92 Å². The molecule has 0 heterocycles. The molecule has 2 aromatic rings. The van der Waals surface area contributed by atoms with Gasteiger partial charge in [-0.2, -0.15) is 0 Å². The lowest BCUT2D eigenvalue weighted by molar-refractivity contribution is -0.384. The van der Waals surface area contributed by atoms with Crippen LogP contribution in [0.15, 0.2) is 42.5 Å². The Balaban J connectivity index is 2.15. The number of hydrogen-bond donors (Lipinski definition) is 2. The average molecular weight is 258 g/mol. The molecule has 0 saturated carbocycles. The lowest BCUT2D eigenvalue weighted by atomic mass is 10.1. The average Bonchev–Trinajstić information content (AvgIpc) is 2.37. The van der Waals surface area contributed by atoms with Crippen molar-refractivity contribution in [3.63, 3.8) is 0 Å². The molecule has 0 aliphatic rings. The summed E-state index contributed by atoms with van der Waals surface area (Å²) < 4.78 is 0. The van der Waals surface area contributed by atoms with Gasteiger partial charge in [0.2, 0.25) is 0 Å². The van der Waals surface area contributed by atoms with Crippen LogP contribution >= 0.6 is 0 Å². The molecule has 0 radical (unpaired) electrons. The molecule has 0 amide bonds. The Bertz CT molecular complexity index is 611. The minimum Gasteiger partial charge on any atom is -0.508 e. The number of anilines is 1.